The summed E-state index contributed by atoms with van der Waals surface area (Å²) in [7, 11) is 0.978. The van der Waals surface area contributed by atoms with Crippen LogP contribution in [-0.4, -0.2) is 47.9 Å². The van der Waals surface area contributed by atoms with E-state index in [9.17, 15) is 63.1 Å². The third kappa shape index (κ3) is 4.87. The lowest BCUT2D eigenvalue weighted by molar-refractivity contribution is -0.288. The van der Waals surface area contributed by atoms with Gasteiger partial charge in [0, 0.05) is 12.6 Å². The van der Waals surface area contributed by atoms with E-state index in [0.29, 0.717) is 40.8 Å². The standard InChI is InChI=1S/C34H18F10N2O4/c1-15-3-7-20(26(35)11-15)19-10-6-18(14-25(19)32(36,37)38)46-29(49)22-9-5-17(13-24(22)30(46)50)31(33(39,40)41,34(42,43)44)16-4-8-21-23(12-16)28(48)45(2)27(21)47/h3-14H,1-2H3. The molecule has 258 valence electrons. The molecule has 2 heterocycles. The average Bonchev–Trinajstić information content (AvgIpc) is 3.38. The van der Waals surface area contributed by atoms with E-state index in [4.69, 9.17) is 0 Å². The molecule has 0 fully saturated rings. The predicted octanol–water partition coefficient (Wildman–Crippen LogP) is 8.26. The highest BCUT2D eigenvalue weighted by atomic mass is 19.4. The highest BCUT2D eigenvalue weighted by molar-refractivity contribution is 6.34. The Bertz CT molecular complexity index is 2150. The van der Waals surface area contributed by atoms with Crippen LogP contribution in [0.4, 0.5) is 49.6 Å². The number of hydrogen-bond acceptors (Lipinski definition) is 4. The zero-order valence-electron chi connectivity index (χ0n) is 25.2. The van der Waals surface area contributed by atoms with Crippen LogP contribution < -0.4 is 4.90 Å². The molecule has 6 rings (SSSR count). The number of anilines is 1. The molecule has 4 aromatic rings. The van der Waals surface area contributed by atoms with Crippen molar-refractivity contribution in [2.45, 2.75) is 30.9 Å². The van der Waals surface area contributed by atoms with Crippen LogP contribution in [-0.2, 0) is 11.6 Å². The first-order valence-electron chi connectivity index (χ1n) is 14.2. The van der Waals surface area contributed by atoms with Crippen LogP contribution in [0.25, 0.3) is 11.1 Å². The fraction of sp³-hybridized carbons (Fsp3) is 0.176. The van der Waals surface area contributed by atoms with Crippen LogP contribution in [0, 0.1) is 12.7 Å². The summed E-state index contributed by atoms with van der Waals surface area (Å²) in [5, 5.41) is 0. The summed E-state index contributed by atoms with van der Waals surface area (Å²) in [5.41, 5.74) is -13.9. The number of carbonyl (C=O) groups excluding carboxylic acids is 4. The molecular formula is C34H18F10N2O4. The van der Waals surface area contributed by atoms with Crippen molar-refractivity contribution in [1.29, 1.82) is 0 Å². The number of benzene rings is 4. The fourth-order valence-corrected chi connectivity index (χ4v) is 6.26. The van der Waals surface area contributed by atoms with Crippen LogP contribution in [0.2, 0.25) is 0 Å². The van der Waals surface area contributed by atoms with E-state index < -0.39 is 109 Å². The molecule has 2 aliphatic rings. The van der Waals surface area contributed by atoms with Crippen molar-refractivity contribution in [1.82, 2.24) is 4.90 Å². The molecule has 0 spiro atoms. The molecule has 0 atom stereocenters. The monoisotopic (exact) mass is 708 g/mol. The van der Waals surface area contributed by atoms with Crippen molar-refractivity contribution in [3.8, 4) is 11.1 Å². The van der Waals surface area contributed by atoms with E-state index in [1.165, 1.54) is 13.0 Å². The van der Waals surface area contributed by atoms with Gasteiger partial charge < -0.3 is 0 Å². The zero-order chi connectivity index (χ0) is 36.9. The Balaban J connectivity index is 1.50. The molecule has 2 aliphatic heterocycles. The maximum Gasteiger partial charge on any atom is 0.417 e. The minimum atomic E-state index is -6.21. The summed E-state index contributed by atoms with van der Waals surface area (Å²) in [6.07, 6.45) is -17.6. The summed E-state index contributed by atoms with van der Waals surface area (Å²) in [6.45, 7) is 1.50. The van der Waals surface area contributed by atoms with Crippen LogP contribution >= 0.6 is 0 Å². The highest BCUT2D eigenvalue weighted by Crippen LogP contribution is 2.57. The molecule has 0 N–H and O–H groups in total. The molecule has 0 bridgehead atoms. The van der Waals surface area contributed by atoms with E-state index in [0.717, 1.165) is 31.3 Å². The van der Waals surface area contributed by atoms with Gasteiger partial charge in [0.1, 0.15) is 5.82 Å². The van der Waals surface area contributed by atoms with Crippen molar-refractivity contribution in [3.05, 3.63) is 123 Å². The smallest absolute Gasteiger partial charge is 0.277 e. The van der Waals surface area contributed by atoms with Crippen LogP contribution in [0.15, 0.2) is 72.8 Å². The van der Waals surface area contributed by atoms with Crippen molar-refractivity contribution in [2.75, 3.05) is 11.9 Å². The number of alkyl halides is 9. The molecule has 6 nitrogen and oxygen atoms in total. The molecule has 0 saturated heterocycles. The van der Waals surface area contributed by atoms with E-state index in [-0.39, 0.29) is 17.0 Å². The van der Waals surface area contributed by atoms with Gasteiger partial charge in [-0.05, 0) is 71.6 Å². The number of nitrogens with zero attached hydrogens (tertiary/aromatic N) is 2. The third-order valence-electron chi connectivity index (χ3n) is 8.67. The second-order valence-corrected chi connectivity index (χ2v) is 11.6. The number of hydrogen-bond donors (Lipinski definition) is 0. The summed E-state index contributed by atoms with van der Waals surface area (Å²) in [5.74, 6) is -6.03. The maximum absolute atomic E-state index is 14.9. The lowest BCUT2D eigenvalue weighted by atomic mass is 9.71. The van der Waals surface area contributed by atoms with Gasteiger partial charge in [0.25, 0.3) is 23.6 Å². The van der Waals surface area contributed by atoms with Gasteiger partial charge in [-0.3, -0.25) is 24.1 Å². The Hall–Kier alpha value is -5.54. The zero-order valence-corrected chi connectivity index (χ0v) is 25.2. The van der Waals surface area contributed by atoms with Crippen molar-refractivity contribution < 1.29 is 63.1 Å². The first-order chi connectivity index (χ1) is 23.1. The first kappa shape index (κ1) is 34.3. The second kappa shape index (κ2) is 11.0. The molecule has 0 aromatic heterocycles. The Labute approximate surface area is 274 Å². The Kier molecular flexibility index (Phi) is 7.54. The van der Waals surface area contributed by atoms with Crippen LogP contribution in [0.5, 0.6) is 0 Å². The van der Waals surface area contributed by atoms with Crippen molar-refractivity contribution >= 4 is 29.3 Å². The minimum Gasteiger partial charge on any atom is -0.277 e. The lowest BCUT2D eigenvalue weighted by Crippen LogP contribution is -2.55. The Morgan fingerprint density at radius 3 is 1.50 bits per heavy atom. The molecule has 0 unspecified atom stereocenters. The largest absolute Gasteiger partial charge is 0.417 e. The topological polar surface area (TPSA) is 74.8 Å². The molecule has 50 heavy (non-hydrogen) atoms. The van der Waals surface area contributed by atoms with Gasteiger partial charge in [0.2, 0.25) is 5.41 Å². The van der Waals surface area contributed by atoms with E-state index in [1.807, 2.05) is 0 Å². The van der Waals surface area contributed by atoms with Crippen molar-refractivity contribution in [2.24, 2.45) is 0 Å². The van der Waals surface area contributed by atoms with Gasteiger partial charge in [-0.25, -0.2) is 9.29 Å². The summed E-state index contributed by atoms with van der Waals surface area (Å²) in [6, 6.07) is 7.62. The molecular weight excluding hydrogens is 690 g/mol. The minimum absolute atomic E-state index is 0.150. The number of rotatable bonds is 4. The SMILES string of the molecule is Cc1ccc(-c2ccc(N3C(=O)c4ccc(C(c5ccc6c(c5)C(=O)N(C)C6=O)(C(F)(F)F)C(F)(F)F)cc4C3=O)cc2C(F)(F)F)c(F)c1. The van der Waals surface area contributed by atoms with E-state index in [1.54, 1.807) is 0 Å². The van der Waals surface area contributed by atoms with Crippen LogP contribution in [0.3, 0.4) is 0 Å². The predicted molar refractivity (Wildman–Crippen MR) is 155 cm³/mol. The number of halogens is 10. The van der Waals surface area contributed by atoms with E-state index >= 15 is 0 Å². The second-order valence-electron chi connectivity index (χ2n) is 11.6. The van der Waals surface area contributed by atoms with Gasteiger partial charge in [-0.15, -0.1) is 0 Å². The normalized spacial score (nSPS) is 15.3. The van der Waals surface area contributed by atoms with Crippen LogP contribution in [0.1, 0.15) is 63.7 Å². The molecule has 4 amide bonds. The third-order valence-corrected chi connectivity index (χ3v) is 8.67. The van der Waals surface area contributed by atoms with Gasteiger partial charge >= 0.3 is 18.5 Å². The highest BCUT2D eigenvalue weighted by Gasteiger charge is 2.73. The first-order valence-corrected chi connectivity index (χ1v) is 14.2. The Morgan fingerprint density at radius 2 is 0.980 bits per heavy atom. The molecule has 16 heteroatoms. The number of carbonyl (C=O) groups is 4. The van der Waals surface area contributed by atoms with E-state index in [2.05, 4.69) is 0 Å². The maximum atomic E-state index is 14.9. The Morgan fingerprint density at radius 1 is 0.520 bits per heavy atom. The molecule has 0 aliphatic carbocycles. The van der Waals surface area contributed by atoms with Gasteiger partial charge in [0.15, 0.2) is 0 Å². The summed E-state index contributed by atoms with van der Waals surface area (Å²) in [4.78, 5) is 52.3. The quantitative estimate of drug-likeness (QED) is 0.158. The molecule has 0 saturated carbocycles. The number of aryl methyl sites for hydroxylation is 1. The van der Waals surface area contributed by atoms with Gasteiger partial charge in [-0.2, -0.15) is 39.5 Å². The van der Waals surface area contributed by atoms with Gasteiger partial charge in [0.05, 0.1) is 33.5 Å². The molecule has 4 aromatic carbocycles. The lowest BCUT2D eigenvalue weighted by Gasteiger charge is -2.38. The van der Waals surface area contributed by atoms with Crippen molar-refractivity contribution in [3.63, 3.8) is 0 Å². The number of fused-ring (bicyclic) bond motifs is 2. The fourth-order valence-electron chi connectivity index (χ4n) is 6.26. The molecule has 0 radical (unpaired) electrons. The average molecular weight is 709 g/mol. The number of amides is 4. The number of imide groups is 2. The summed E-state index contributed by atoms with van der Waals surface area (Å²) < 4.78 is 147. The van der Waals surface area contributed by atoms with Gasteiger partial charge in [-0.1, -0.05) is 30.3 Å². The summed E-state index contributed by atoms with van der Waals surface area (Å²) >= 11 is 0.